The first-order valence-corrected chi connectivity index (χ1v) is 17.8. The third-order valence-electron chi connectivity index (χ3n) is 6.41. The van der Waals surface area contributed by atoms with E-state index >= 15 is 0 Å². The van der Waals surface area contributed by atoms with Gasteiger partial charge >= 0.3 is 0 Å². The number of hydrogen-bond acceptors (Lipinski definition) is 9. The number of fused-ring (bicyclic) bond motifs is 2. The van der Waals surface area contributed by atoms with Gasteiger partial charge in [-0.2, -0.15) is 0 Å². The Labute approximate surface area is 244 Å². The van der Waals surface area contributed by atoms with Crippen molar-refractivity contribution in [3.05, 3.63) is 70.2 Å². The van der Waals surface area contributed by atoms with Gasteiger partial charge in [-0.05, 0) is 74.6 Å². The predicted octanol–water partition coefficient (Wildman–Crippen LogP) is 4.26. The minimum atomic E-state index is -4.24. The van der Waals surface area contributed by atoms with Crippen LogP contribution in [0.4, 0.5) is 11.4 Å². The van der Waals surface area contributed by atoms with Crippen molar-refractivity contribution in [2.75, 3.05) is 29.5 Å². The molecule has 0 saturated heterocycles. The second-order valence-corrected chi connectivity index (χ2v) is 15.2. The van der Waals surface area contributed by atoms with Crippen LogP contribution < -0.4 is 9.80 Å². The SMILES string of the molecule is Cc1ccc2c(c1)[NH+](CCCCS(=O)(=O)[O-])C(/C=C/C=C1\Sc3ccc(Cl)cc3N1CCCCS(=O)(=O)[O-])S2. The van der Waals surface area contributed by atoms with E-state index in [4.69, 9.17) is 11.6 Å². The molecule has 2 unspecified atom stereocenters. The van der Waals surface area contributed by atoms with E-state index in [-0.39, 0.29) is 23.3 Å². The largest absolute Gasteiger partial charge is 0.748 e. The van der Waals surface area contributed by atoms with Gasteiger partial charge in [0.25, 0.3) is 0 Å². The summed E-state index contributed by atoms with van der Waals surface area (Å²) in [5.74, 6) is -0.729. The number of thioether (sulfide) groups is 2. The Balaban J connectivity index is 1.49. The Kier molecular flexibility index (Phi) is 10.1. The first-order valence-electron chi connectivity index (χ1n) is 12.5. The van der Waals surface area contributed by atoms with E-state index in [1.807, 2.05) is 37.3 Å². The van der Waals surface area contributed by atoms with E-state index in [2.05, 4.69) is 29.2 Å². The summed E-state index contributed by atoms with van der Waals surface area (Å²) in [6.45, 7) is 3.30. The molecule has 0 amide bonds. The number of quaternary nitrogens is 1. The van der Waals surface area contributed by atoms with Crippen LogP contribution >= 0.6 is 35.1 Å². The number of allylic oxidation sites excluding steroid dienone is 2. The van der Waals surface area contributed by atoms with Gasteiger partial charge in [-0.25, -0.2) is 16.8 Å². The number of rotatable bonds is 12. The lowest BCUT2D eigenvalue weighted by Gasteiger charge is -2.21. The zero-order valence-electron chi connectivity index (χ0n) is 21.3. The van der Waals surface area contributed by atoms with Gasteiger partial charge < -0.3 is 14.0 Å². The molecule has 2 aromatic rings. The summed E-state index contributed by atoms with van der Waals surface area (Å²) in [5.41, 5.74) is 3.29. The fourth-order valence-corrected chi connectivity index (χ4v) is 8.26. The molecule has 2 aliphatic rings. The monoisotopic (exact) mass is 629 g/mol. The van der Waals surface area contributed by atoms with Crippen LogP contribution in [0.2, 0.25) is 5.02 Å². The zero-order chi connectivity index (χ0) is 28.2. The van der Waals surface area contributed by atoms with Crippen LogP contribution in [0, 0.1) is 6.92 Å². The average molecular weight is 630 g/mol. The van der Waals surface area contributed by atoms with Crippen molar-refractivity contribution >= 4 is 66.7 Å². The molecule has 0 radical (unpaired) electrons. The Morgan fingerprint density at radius 1 is 0.974 bits per heavy atom. The standard InChI is InChI=1S/C26H31ClN2O6S4/c1-19-9-11-23-21(17-19)28(13-2-4-15-38(30,31)32)25(36-23)7-6-8-26-29(14-3-5-16-39(33,34)35)22-18-20(27)10-12-24(22)37-26/h6-12,17-18,25H,2-5,13-16H2,1H3,(H,30,31,32)(H,33,34,35)/p-1/b7-6+,26-8-. The normalized spacial score (nSPS) is 20.2. The van der Waals surface area contributed by atoms with Gasteiger partial charge in [0.1, 0.15) is 5.69 Å². The van der Waals surface area contributed by atoms with Crippen molar-refractivity contribution in [3.8, 4) is 0 Å². The number of hydrogen-bond donors (Lipinski definition) is 1. The average Bonchev–Trinajstić information content (AvgIpc) is 3.35. The van der Waals surface area contributed by atoms with Gasteiger partial charge in [-0.3, -0.25) is 4.90 Å². The van der Waals surface area contributed by atoms with Crippen molar-refractivity contribution in [2.24, 2.45) is 0 Å². The molecule has 2 aromatic carbocycles. The van der Waals surface area contributed by atoms with Crippen LogP contribution in [0.5, 0.6) is 0 Å². The molecule has 0 saturated carbocycles. The van der Waals surface area contributed by atoms with E-state index in [0.717, 1.165) is 21.2 Å². The Bertz CT molecular complexity index is 1480. The number of aryl methyl sites for hydroxylation is 1. The van der Waals surface area contributed by atoms with Crippen LogP contribution in [0.15, 0.2) is 69.4 Å². The highest BCUT2D eigenvalue weighted by molar-refractivity contribution is 8.03. The van der Waals surface area contributed by atoms with E-state index < -0.39 is 20.2 Å². The highest BCUT2D eigenvalue weighted by Gasteiger charge is 2.33. The molecule has 0 aliphatic carbocycles. The van der Waals surface area contributed by atoms with Crippen LogP contribution in [0.3, 0.4) is 0 Å². The van der Waals surface area contributed by atoms with Crippen LogP contribution in [-0.4, -0.2) is 55.9 Å². The van der Waals surface area contributed by atoms with E-state index in [1.165, 1.54) is 15.5 Å². The summed E-state index contributed by atoms with van der Waals surface area (Å²) < 4.78 is 66.1. The highest BCUT2D eigenvalue weighted by Crippen LogP contribution is 2.47. The van der Waals surface area contributed by atoms with Crippen molar-refractivity contribution in [1.82, 2.24) is 0 Å². The molecule has 0 spiro atoms. The third kappa shape index (κ3) is 8.74. The molecule has 0 fully saturated rings. The van der Waals surface area contributed by atoms with Crippen molar-refractivity contribution < 1.29 is 30.8 Å². The summed E-state index contributed by atoms with van der Waals surface area (Å²) in [6, 6.07) is 12.0. The predicted molar refractivity (Wildman–Crippen MR) is 156 cm³/mol. The molecule has 39 heavy (non-hydrogen) atoms. The van der Waals surface area contributed by atoms with E-state index in [0.29, 0.717) is 37.4 Å². The number of anilines is 1. The number of benzene rings is 2. The van der Waals surface area contributed by atoms with E-state index in [9.17, 15) is 25.9 Å². The third-order valence-corrected chi connectivity index (χ3v) is 10.7. The van der Waals surface area contributed by atoms with Gasteiger partial charge in [-0.15, -0.1) is 0 Å². The van der Waals surface area contributed by atoms with Crippen molar-refractivity contribution in [3.63, 3.8) is 0 Å². The maximum absolute atomic E-state index is 11.0. The van der Waals surface area contributed by atoms with Gasteiger partial charge in [-0.1, -0.05) is 47.3 Å². The summed E-state index contributed by atoms with van der Waals surface area (Å²) in [5, 5.41) is 1.67. The fraction of sp³-hybridized carbons (Fsp3) is 0.385. The Morgan fingerprint density at radius 2 is 1.67 bits per heavy atom. The Morgan fingerprint density at radius 3 is 2.38 bits per heavy atom. The summed E-state index contributed by atoms with van der Waals surface area (Å²) >= 11 is 9.61. The number of unbranched alkanes of at least 4 members (excludes halogenated alkanes) is 2. The molecule has 212 valence electrons. The molecule has 13 heteroatoms. The fourth-order valence-electron chi connectivity index (χ4n) is 4.60. The molecule has 0 bridgehead atoms. The second-order valence-electron chi connectivity index (χ2n) is 9.51. The molecule has 2 heterocycles. The second kappa shape index (κ2) is 13.0. The highest BCUT2D eigenvalue weighted by atomic mass is 35.5. The molecule has 2 aliphatic heterocycles. The number of halogens is 1. The van der Waals surface area contributed by atoms with Gasteiger partial charge in [0.2, 0.25) is 0 Å². The first-order chi connectivity index (χ1) is 18.4. The molecule has 1 N–H and O–H groups in total. The molecule has 0 aromatic heterocycles. The summed E-state index contributed by atoms with van der Waals surface area (Å²) in [4.78, 5) is 5.55. The van der Waals surface area contributed by atoms with Gasteiger partial charge in [0.05, 0.1) is 42.4 Å². The van der Waals surface area contributed by atoms with Gasteiger partial charge in [0, 0.05) is 34.0 Å². The lowest BCUT2D eigenvalue weighted by molar-refractivity contribution is -0.835. The topological polar surface area (TPSA) is 122 Å². The minimum absolute atomic E-state index is 0.0847. The first kappa shape index (κ1) is 30.4. The summed E-state index contributed by atoms with van der Waals surface area (Å²) in [7, 11) is -8.46. The zero-order valence-corrected chi connectivity index (χ0v) is 25.4. The van der Waals surface area contributed by atoms with Crippen molar-refractivity contribution in [1.29, 1.82) is 0 Å². The molecule has 4 rings (SSSR count). The molecular weight excluding hydrogens is 600 g/mol. The lowest BCUT2D eigenvalue weighted by atomic mass is 10.2. The smallest absolute Gasteiger partial charge is 0.163 e. The van der Waals surface area contributed by atoms with Crippen LogP contribution in [-0.2, 0) is 20.2 Å². The summed E-state index contributed by atoms with van der Waals surface area (Å²) in [6.07, 6.45) is 7.96. The van der Waals surface area contributed by atoms with Gasteiger partial charge in [0.15, 0.2) is 5.37 Å². The van der Waals surface area contributed by atoms with Crippen LogP contribution in [0.25, 0.3) is 0 Å². The quantitative estimate of drug-likeness (QED) is 0.271. The minimum Gasteiger partial charge on any atom is -0.748 e. The molecule has 2 atom stereocenters. The Hall–Kier alpha value is -1.51. The number of nitrogens with one attached hydrogen (secondary N) is 1. The number of nitrogens with zero attached hydrogens (tertiary/aromatic N) is 1. The maximum Gasteiger partial charge on any atom is 0.163 e. The van der Waals surface area contributed by atoms with E-state index in [1.54, 1.807) is 23.5 Å². The molecule has 8 nitrogen and oxygen atoms in total. The maximum atomic E-state index is 11.0. The van der Waals surface area contributed by atoms with Crippen molar-refractivity contribution in [2.45, 2.75) is 47.8 Å². The van der Waals surface area contributed by atoms with Crippen LogP contribution in [0.1, 0.15) is 31.2 Å². The molecular formula is C26H30ClN2O6S4-. The lowest BCUT2D eigenvalue weighted by Crippen LogP contribution is -3.09.